The summed E-state index contributed by atoms with van der Waals surface area (Å²) in [7, 11) is 0. The largest absolute Gasteiger partial charge is 0.481 e. The van der Waals surface area contributed by atoms with E-state index in [-0.39, 0.29) is 24.6 Å². The van der Waals surface area contributed by atoms with Crippen LogP contribution in [0.5, 0.6) is 5.75 Å². The number of carboxylic acid groups (broad SMARTS) is 1. The zero-order chi connectivity index (χ0) is 20.5. The number of hydrogen-bond acceptors (Lipinski definition) is 5. The lowest BCUT2D eigenvalue weighted by Crippen LogP contribution is -2.43. The average molecular weight is 384 g/mol. The van der Waals surface area contributed by atoms with Crippen molar-refractivity contribution in [1.82, 2.24) is 5.32 Å². The second kappa shape index (κ2) is 9.72. The molecular weight excluding hydrogens is 364 g/mol. The molecule has 146 valence electrons. The molecular formula is C19H20N4O5. The minimum atomic E-state index is -1.12. The van der Waals surface area contributed by atoms with Crippen LogP contribution < -0.4 is 21.5 Å². The molecule has 0 aliphatic rings. The Bertz CT molecular complexity index is 862. The Morgan fingerprint density at radius 1 is 1.04 bits per heavy atom. The maximum Gasteiger partial charge on any atom is 0.334 e. The first-order valence-electron chi connectivity index (χ1n) is 8.34. The molecule has 0 bridgehead atoms. The van der Waals surface area contributed by atoms with Gasteiger partial charge in [0.05, 0.1) is 5.69 Å². The summed E-state index contributed by atoms with van der Waals surface area (Å²) in [6.07, 6.45) is -0.420. The van der Waals surface area contributed by atoms with Gasteiger partial charge in [0, 0.05) is 12.0 Å². The highest BCUT2D eigenvalue weighted by molar-refractivity contribution is 5.97. The predicted molar refractivity (Wildman–Crippen MR) is 102 cm³/mol. The molecule has 28 heavy (non-hydrogen) atoms. The fourth-order valence-electron chi connectivity index (χ4n) is 2.27. The molecule has 0 saturated carbocycles. The number of hydrogen-bond donors (Lipinski definition) is 4. The monoisotopic (exact) mass is 384 g/mol. The molecule has 9 heteroatoms. The van der Waals surface area contributed by atoms with E-state index in [1.807, 2.05) is 0 Å². The molecule has 0 saturated heterocycles. The molecule has 1 atom stereocenters. The molecule has 0 fully saturated rings. The van der Waals surface area contributed by atoms with E-state index in [0.29, 0.717) is 11.3 Å². The molecule has 0 aliphatic heterocycles. The van der Waals surface area contributed by atoms with Gasteiger partial charge in [-0.25, -0.2) is 9.79 Å². The van der Waals surface area contributed by atoms with Crippen LogP contribution in [-0.4, -0.2) is 35.0 Å². The van der Waals surface area contributed by atoms with Crippen molar-refractivity contribution in [2.45, 2.75) is 18.9 Å². The van der Waals surface area contributed by atoms with Gasteiger partial charge in [0.25, 0.3) is 5.91 Å². The van der Waals surface area contributed by atoms with Crippen molar-refractivity contribution in [3.8, 4) is 5.75 Å². The Morgan fingerprint density at radius 3 is 2.25 bits per heavy atom. The molecule has 6 N–H and O–H groups in total. The number of carbonyl (C=O) groups excluding carboxylic acids is 2. The van der Waals surface area contributed by atoms with E-state index >= 15 is 0 Å². The first-order chi connectivity index (χ1) is 13.3. The minimum absolute atomic E-state index is 0.109. The molecule has 2 aromatic rings. The van der Waals surface area contributed by atoms with E-state index in [4.69, 9.17) is 21.3 Å². The lowest BCUT2D eigenvalue weighted by atomic mass is 10.1. The van der Waals surface area contributed by atoms with E-state index in [0.717, 1.165) is 0 Å². The van der Waals surface area contributed by atoms with Crippen LogP contribution in [0.25, 0.3) is 0 Å². The van der Waals surface area contributed by atoms with Crippen molar-refractivity contribution >= 4 is 29.5 Å². The summed E-state index contributed by atoms with van der Waals surface area (Å²) >= 11 is 0. The molecule has 0 aromatic heterocycles. The number of carboxylic acids is 1. The van der Waals surface area contributed by atoms with Gasteiger partial charge in [0.1, 0.15) is 11.8 Å². The van der Waals surface area contributed by atoms with Crippen LogP contribution in [0.4, 0.5) is 5.69 Å². The van der Waals surface area contributed by atoms with E-state index in [1.54, 1.807) is 30.3 Å². The SMILES string of the molecule is NC(N)=Nc1ccc(OC(=O)[C@H](CCC(=O)O)NC(=O)c2ccccc2)cc1. The Morgan fingerprint density at radius 2 is 1.68 bits per heavy atom. The highest BCUT2D eigenvalue weighted by Crippen LogP contribution is 2.18. The van der Waals surface area contributed by atoms with Gasteiger partial charge in [-0.3, -0.25) is 9.59 Å². The first kappa shape index (κ1) is 20.4. The number of aliphatic imine (C=N–C) groups is 1. The van der Waals surface area contributed by atoms with Crippen LogP contribution in [0.15, 0.2) is 59.6 Å². The van der Waals surface area contributed by atoms with Gasteiger partial charge in [-0.1, -0.05) is 18.2 Å². The van der Waals surface area contributed by atoms with E-state index in [1.165, 1.54) is 24.3 Å². The van der Waals surface area contributed by atoms with Gasteiger partial charge in [0.2, 0.25) is 0 Å². The van der Waals surface area contributed by atoms with Crippen LogP contribution >= 0.6 is 0 Å². The number of benzene rings is 2. The normalized spacial score (nSPS) is 11.1. The summed E-state index contributed by atoms with van der Waals surface area (Å²) in [6.45, 7) is 0. The topological polar surface area (TPSA) is 157 Å². The van der Waals surface area contributed by atoms with Gasteiger partial charge in [0.15, 0.2) is 5.96 Å². The van der Waals surface area contributed by atoms with Crippen LogP contribution in [0.3, 0.4) is 0 Å². The lowest BCUT2D eigenvalue weighted by molar-refractivity contribution is -0.138. The third kappa shape index (κ3) is 6.45. The van der Waals surface area contributed by atoms with E-state index < -0.39 is 23.9 Å². The van der Waals surface area contributed by atoms with Crippen LogP contribution in [0.2, 0.25) is 0 Å². The summed E-state index contributed by atoms with van der Waals surface area (Å²) in [6, 6.07) is 13.2. The van der Waals surface area contributed by atoms with Crippen molar-refractivity contribution < 1.29 is 24.2 Å². The van der Waals surface area contributed by atoms with Crippen molar-refractivity contribution in [1.29, 1.82) is 0 Å². The van der Waals surface area contributed by atoms with Crippen molar-refractivity contribution in [2.75, 3.05) is 0 Å². The number of nitrogens with two attached hydrogens (primary N) is 2. The van der Waals surface area contributed by atoms with Crippen LogP contribution in [-0.2, 0) is 9.59 Å². The van der Waals surface area contributed by atoms with Gasteiger partial charge < -0.3 is 26.6 Å². The fraction of sp³-hybridized carbons (Fsp3) is 0.158. The van der Waals surface area contributed by atoms with Gasteiger partial charge in [-0.15, -0.1) is 0 Å². The quantitative estimate of drug-likeness (QED) is 0.230. The number of ether oxygens (including phenoxy) is 1. The molecule has 0 unspecified atom stereocenters. The Balaban J connectivity index is 2.08. The molecule has 0 radical (unpaired) electrons. The first-order valence-corrected chi connectivity index (χ1v) is 8.34. The van der Waals surface area contributed by atoms with Gasteiger partial charge >= 0.3 is 11.9 Å². The number of guanidine groups is 1. The number of esters is 1. The number of aliphatic carboxylic acids is 1. The Labute approximate surface area is 161 Å². The van der Waals surface area contributed by atoms with E-state index in [9.17, 15) is 14.4 Å². The standard InChI is InChI=1S/C19H20N4O5/c20-19(21)22-13-6-8-14(9-7-13)28-18(27)15(10-11-16(24)25)23-17(26)12-4-2-1-3-5-12/h1-9,15H,10-11H2,(H,23,26)(H,24,25)(H4,20,21,22)/t15-/m0/s1. The Hall–Kier alpha value is -3.88. The van der Waals surface area contributed by atoms with Crippen LogP contribution in [0.1, 0.15) is 23.2 Å². The predicted octanol–water partition coefficient (Wildman–Crippen LogP) is 1.16. The molecule has 0 heterocycles. The fourth-order valence-corrected chi connectivity index (χ4v) is 2.27. The molecule has 0 spiro atoms. The number of nitrogens with zero attached hydrogens (tertiary/aromatic N) is 1. The molecule has 1 amide bonds. The van der Waals surface area contributed by atoms with Gasteiger partial charge in [-0.05, 0) is 42.8 Å². The lowest BCUT2D eigenvalue weighted by Gasteiger charge is -2.17. The third-order valence-electron chi connectivity index (χ3n) is 3.59. The highest BCUT2D eigenvalue weighted by Gasteiger charge is 2.24. The number of amides is 1. The zero-order valence-electron chi connectivity index (χ0n) is 14.9. The molecule has 9 nitrogen and oxygen atoms in total. The summed E-state index contributed by atoms with van der Waals surface area (Å²) in [5.41, 5.74) is 11.4. The van der Waals surface area contributed by atoms with Crippen LogP contribution in [0, 0.1) is 0 Å². The van der Waals surface area contributed by atoms with Crippen molar-refractivity contribution in [3.05, 3.63) is 60.2 Å². The smallest absolute Gasteiger partial charge is 0.334 e. The maximum atomic E-state index is 12.5. The number of carbonyl (C=O) groups is 3. The second-order valence-electron chi connectivity index (χ2n) is 5.78. The number of rotatable bonds is 8. The van der Waals surface area contributed by atoms with E-state index in [2.05, 4.69) is 10.3 Å². The summed E-state index contributed by atoms with van der Waals surface area (Å²) < 4.78 is 5.25. The second-order valence-corrected chi connectivity index (χ2v) is 5.78. The Kier molecular flexibility index (Phi) is 7.09. The third-order valence-corrected chi connectivity index (χ3v) is 3.59. The number of nitrogens with one attached hydrogen (secondary N) is 1. The summed E-state index contributed by atoms with van der Waals surface area (Å²) in [5, 5.41) is 11.4. The molecule has 0 aliphatic carbocycles. The van der Waals surface area contributed by atoms with Gasteiger partial charge in [-0.2, -0.15) is 0 Å². The summed E-state index contributed by atoms with van der Waals surface area (Å²) in [5.74, 6) is -2.28. The molecule has 2 aromatic carbocycles. The zero-order valence-corrected chi connectivity index (χ0v) is 14.9. The average Bonchev–Trinajstić information content (AvgIpc) is 2.66. The van der Waals surface area contributed by atoms with Crippen molar-refractivity contribution in [2.24, 2.45) is 16.5 Å². The maximum absolute atomic E-state index is 12.5. The minimum Gasteiger partial charge on any atom is -0.481 e. The highest BCUT2D eigenvalue weighted by atomic mass is 16.5. The summed E-state index contributed by atoms with van der Waals surface area (Å²) in [4.78, 5) is 39.5. The van der Waals surface area contributed by atoms with Crippen molar-refractivity contribution in [3.63, 3.8) is 0 Å². The molecule has 2 rings (SSSR count).